The third-order valence-electron chi connectivity index (χ3n) is 3.72. The molecular weight excluding hydrogens is 284 g/mol. The molecule has 1 aliphatic heterocycles. The minimum absolute atomic E-state index is 0.0161. The third-order valence-corrected chi connectivity index (χ3v) is 3.72. The number of hydrogen-bond acceptors (Lipinski definition) is 4. The van der Waals surface area contributed by atoms with Crippen molar-refractivity contribution in [3.63, 3.8) is 0 Å². The van der Waals surface area contributed by atoms with Gasteiger partial charge >= 0.3 is 0 Å². The number of ether oxygens (including phenoxy) is 2. The molecule has 1 fully saturated rings. The zero-order valence-electron chi connectivity index (χ0n) is 14.0. The molecule has 0 unspecified atom stereocenters. The number of unbranched alkanes of at least 4 members (excludes halogenated alkanes) is 2. The summed E-state index contributed by atoms with van der Waals surface area (Å²) >= 11 is 0. The van der Waals surface area contributed by atoms with E-state index in [0.29, 0.717) is 39.4 Å². The van der Waals surface area contributed by atoms with Crippen LogP contribution in [-0.4, -0.2) is 74.2 Å². The quantitative estimate of drug-likeness (QED) is 0.570. The minimum Gasteiger partial charge on any atom is -0.372 e. The molecule has 0 aromatic carbocycles. The first-order valence-electron chi connectivity index (χ1n) is 8.40. The van der Waals surface area contributed by atoms with Crippen molar-refractivity contribution in [1.82, 2.24) is 9.80 Å². The first-order valence-corrected chi connectivity index (χ1v) is 8.40. The van der Waals surface area contributed by atoms with Gasteiger partial charge in [-0.15, -0.1) is 0 Å². The molecule has 0 N–H and O–H groups in total. The van der Waals surface area contributed by atoms with Crippen molar-refractivity contribution in [3.05, 3.63) is 0 Å². The summed E-state index contributed by atoms with van der Waals surface area (Å²) in [6.45, 7) is 8.06. The molecule has 0 saturated carbocycles. The van der Waals surface area contributed by atoms with Gasteiger partial charge in [-0.3, -0.25) is 9.59 Å². The summed E-state index contributed by atoms with van der Waals surface area (Å²) in [5.74, 6) is 0.0322. The third kappa shape index (κ3) is 7.22. The molecule has 0 aromatic rings. The molecule has 6 heteroatoms. The van der Waals surface area contributed by atoms with E-state index in [4.69, 9.17) is 9.47 Å². The van der Waals surface area contributed by atoms with Crippen molar-refractivity contribution in [2.75, 3.05) is 52.6 Å². The number of carbonyl (C=O) groups excluding carboxylic acids is 2. The smallest absolute Gasteiger partial charge is 0.248 e. The minimum atomic E-state index is 0.0161. The Morgan fingerprint density at radius 1 is 0.773 bits per heavy atom. The second-order valence-corrected chi connectivity index (χ2v) is 5.57. The lowest BCUT2D eigenvalue weighted by atomic mass is 10.3. The van der Waals surface area contributed by atoms with E-state index in [1.165, 1.54) is 0 Å². The first kappa shape index (κ1) is 18.9. The van der Waals surface area contributed by atoms with Crippen LogP contribution < -0.4 is 0 Å². The van der Waals surface area contributed by atoms with E-state index in [1.54, 1.807) is 9.80 Å². The number of piperazine rings is 1. The van der Waals surface area contributed by atoms with Gasteiger partial charge in [0, 0.05) is 39.4 Å². The van der Waals surface area contributed by atoms with Gasteiger partial charge in [-0.25, -0.2) is 0 Å². The topological polar surface area (TPSA) is 59.1 Å². The van der Waals surface area contributed by atoms with Crippen LogP contribution in [0.2, 0.25) is 0 Å². The van der Waals surface area contributed by atoms with Crippen LogP contribution in [0, 0.1) is 0 Å². The van der Waals surface area contributed by atoms with Crippen LogP contribution in [0.25, 0.3) is 0 Å². The summed E-state index contributed by atoms with van der Waals surface area (Å²) in [6, 6.07) is 0. The molecule has 22 heavy (non-hydrogen) atoms. The second-order valence-electron chi connectivity index (χ2n) is 5.57. The largest absolute Gasteiger partial charge is 0.372 e. The first-order chi connectivity index (χ1) is 10.7. The van der Waals surface area contributed by atoms with E-state index in [2.05, 4.69) is 13.8 Å². The Bertz CT molecular complexity index is 296. The van der Waals surface area contributed by atoms with Crippen molar-refractivity contribution in [1.29, 1.82) is 0 Å². The summed E-state index contributed by atoms with van der Waals surface area (Å²) in [4.78, 5) is 27.5. The molecule has 0 aliphatic carbocycles. The maximum absolute atomic E-state index is 12.0. The van der Waals surface area contributed by atoms with Gasteiger partial charge < -0.3 is 19.3 Å². The molecule has 0 atom stereocenters. The van der Waals surface area contributed by atoms with Gasteiger partial charge in [-0.2, -0.15) is 0 Å². The Kier molecular flexibility index (Phi) is 9.82. The van der Waals surface area contributed by atoms with E-state index in [-0.39, 0.29) is 25.0 Å². The fraction of sp³-hybridized carbons (Fsp3) is 0.875. The summed E-state index contributed by atoms with van der Waals surface area (Å²) in [5.41, 5.74) is 0. The predicted molar refractivity (Wildman–Crippen MR) is 84.6 cm³/mol. The van der Waals surface area contributed by atoms with Crippen molar-refractivity contribution in [3.8, 4) is 0 Å². The standard InChI is InChI=1S/C16H30N2O4/c1-3-5-11-21-13-15(19)17-7-9-18(10-8-17)16(20)14-22-12-6-4-2/h3-14H2,1-2H3. The Morgan fingerprint density at radius 2 is 1.14 bits per heavy atom. The molecule has 0 radical (unpaired) electrons. The number of rotatable bonds is 10. The van der Waals surface area contributed by atoms with E-state index in [0.717, 1.165) is 25.7 Å². The summed E-state index contributed by atoms with van der Waals surface area (Å²) in [7, 11) is 0. The average Bonchev–Trinajstić information content (AvgIpc) is 2.55. The normalized spacial score (nSPS) is 15.2. The number of nitrogens with zero attached hydrogens (tertiary/aromatic N) is 2. The molecular formula is C16H30N2O4. The Balaban J connectivity index is 2.16. The van der Waals surface area contributed by atoms with E-state index < -0.39 is 0 Å². The molecule has 2 amide bonds. The highest BCUT2D eigenvalue weighted by atomic mass is 16.5. The fourth-order valence-electron chi connectivity index (χ4n) is 2.20. The monoisotopic (exact) mass is 314 g/mol. The summed E-state index contributed by atoms with van der Waals surface area (Å²) < 4.78 is 10.7. The van der Waals surface area contributed by atoms with Crippen LogP contribution >= 0.6 is 0 Å². The van der Waals surface area contributed by atoms with Crippen LogP contribution in [-0.2, 0) is 19.1 Å². The van der Waals surface area contributed by atoms with Crippen molar-refractivity contribution in [2.24, 2.45) is 0 Å². The maximum Gasteiger partial charge on any atom is 0.248 e. The fourth-order valence-corrected chi connectivity index (χ4v) is 2.20. The van der Waals surface area contributed by atoms with Crippen molar-refractivity contribution < 1.29 is 19.1 Å². The Hall–Kier alpha value is -1.14. The highest BCUT2D eigenvalue weighted by molar-refractivity contribution is 5.79. The molecule has 0 bridgehead atoms. The van der Waals surface area contributed by atoms with Crippen LogP contribution in [0.4, 0.5) is 0 Å². The van der Waals surface area contributed by atoms with Gasteiger partial charge in [0.2, 0.25) is 11.8 Å². The van der Waals surface area contributed by atoms with Gasteiger partial charge in [0.05, 0.1) is 0 Å². The van der Waals surface area contributed by atoms with Gasteiger partial charge in [0.15, 0.2) is 0 Å². The van der Waals surface area contributed by atoms with Crippen LogP contribution in [0.5, 0.6) is 0 Å². The van der Waals surface area contributed by atoms with Crippen molar-refractivity contribution >= 4 is 11.8 Å². The molecule has 128 valence electrons. The molecule has 1 rings (SSSR count). The van der Waals surface area contributed by atoms with Gasteiger partial charge in [-0.1, -0.05) is 26.7 Å². The Labute approximate surface area is 133 Å². The SMILES string of the molecule is CCCCOCC(=O)N1CCN(C(=O)COCCCC)CC1. The highest BCUT2D eigenvalue weighted by Gasteiger charge is 2.23. The molecule has 0 spiro atoms. The van der Waals surface area contributed by atoms with Gasteiger partial charge in [0.1, 0.15) is 13.2 Å². The molecule has 1 saturated heterocycles. The summed E-state index contributed by atoms with van der Waals surface area (Å²) in [5, 5.41) is 0. The van der Waals surface area contributed by atoms with E-state index in [9.17, 15) is 9.59 Å². The summed E-state index contributed by atoms with van der Waals surface area (Å²) in [6.07, 6.45) is 4.09. The van der Waals surface area contributed by atoms with E-state index in [1.807, 2.05) is 0 Å². The van der Waals surface area contributed by atoms with E-state index >= 15 is 0 Å². The van der Waals surface area contributed by atoms with Crippen molar-refractivity contribution in [2.45, 2.75) is 39.5 Å². The average molecular weight is 314 g/mol. The lowest BCUT2D eigenvalue weighted by Crippen LogP contribution is -2.52. The molecule has 1 aliphatic rings. The number of amides is 2. The Morgan fingerprint density at radius 3 is 1.45 bits per heavy atom. The van der Waals surface area contributed by atoms with Crippen LogP contribution in [0.1, 0.15) is 39.5 Å². The zero-order valence-corrected chi connectivity index (χ0v) is 14.0. The molecule has 6 nitrogen and oxygen atoms in total. The lowest BCUT2D eigenvalue weighted by Gasteiger charge is -2.34. The van der Waals surface area contributed by atoms with Gasteiger partial charge in [-0.05, 0) is 12.8 Å². The highest BCUT2D eigenvalue weighted by Crippen LogP contribution is 2.04. The number of carbonyl (C=O) groups is 2. The molecule has 0 aromatic heterocycles. The number of hydrogen-bond donors (Lipinski definition) is 0. The molecule has 1 heterocycles. The predicted octanol–water partition coefficient (Wildman–Crippen LogP) is 1.29. The maximum atomic E-state index is 12.0. The van der Waals surface area contributed by atoms with Gasteiger partial charge in [0.25, 0.3) is 0 Å². The van der Waals surface area contributed by atoms with Crippen LogP contribution in [0.3, 0.4) is 0 Å². The second kappa shape index (κ2) is 11.4. The van der Waals surface area contributed by atoms with Crippen LogP contribution in [0.15, 0.2) is 0 Å². The zero-order chi connectivity index (χ0) is 16.2. The lowest BCUT2D eigenvalue weighted by molar-refractivity contribution is -0.144.